The fourth-order valence-electron chi connectivity index (χ4n) is 4.03. The van der Waals surface area contributed by atoms with Gasteiger partial charge in [-0.3, -0.25) is 14.9 Å². The maximum Gasteiger partial charge on any atom is 0.303 e. The standard InChI is InChI=1S/C23H26N4O3S/c28-21(29)12-4-5-13-26-14-6-11-20(26)22(30)25-23-24-18(16-31-23)19-10-7-15-27(19)17-8-2-1-3-9-17/h1-3,6,8-9,11,14,16,19H,4-5,7,10,12-13,15H2,(H,28,29)(H,24,25,30)/t19-/m1/s1. The van der Waals surface area contributed by atoms with Gasteiger partial charge in [0, 0.05) is 36.8 Å². The average molecular weight is 439 g/mol. The molecular weight excluding hydrogens is 412 g/mol. The summed E-state index contributed by atoms with van der Waals surface area (Å²) in [7, 11) is 0. The van der Waals surface area contributed by atoms with Crippen molar-refractivity contribution in [2.75, 3.05) is 16.8 Å². The lowest BCUT2D eigenvalue weighted by molar-refractivity contribution is -0.137. The number of nitrogens with zero attached hydrogens (tertiary/aromatic N) is 3. The van der Waals surface area contributed by atoms with E-state index in [1.807, 2.05) is 40.4 Å². The van der Waals surface area contributed by atoms with Gasteiger partial charge in [-0.25, -0.2) is 4.98 Å². The minimum absolute atomic E-state index is 0.145. The maximum atomic E-state index is 12.8. The molecule has 7 nitrogen and oxygen atoms in total. The zero-order valence-corrected chi connectivity index (χ0v) is 18.1. The summed E-state index contributed by atoms with van der Waals surface area (Å²) in [6, 6.07) is 14.2. The number of para-hydroxylation sites is 1. The molecule has 1 fully saturated rings. The monoisotopic (exact) mass is 438 g/mol. The van der Waals surface area contributed by atoms with Gasteiger partial charge in [0.1, 0.15) is 5.69 Å². The molecule has 1 aliphatic heterocycles. The van der Waals surface area contributed by atoms with E-state index in [0.717, 1.165) is 25.1 Å². The number of anilines is 2. The second-order valence-electron chi connectivity index (χ2n) is 7.66. The number of nitrogens with one attached hydrogen (secondary N) is 1. The molecule has 0 radical (unpaired) electrons. The number of aryl methyl sites for hydroxylation is 1. The predicted molar refractivity (Wildman–Crippen MR) is 122 cm³/mol. The third-order valence-corrected chi connectivity index (χ3v) is 6.30. The summed E-state index contributed by atoms with van der Waals surface area (Å²) < 4.78 is 1.86. The number of carboxylic acids is 1. The summed E-state index contributed by atoms with van der Waals surface area (Å²) in [6.07, 6.45) is 5.45. The van der Waals surface area contributed by atoms with Crippen molar-refractivity contribution in [2.24, 2.45) is 0 Å². The summed E-state index contributed by atoms with van der Waals surface area (Å²) >= 11 is 1.45. The van der Waals surface area contributed by atoms with Crippen molar-refractivity contribution in [3.8, 4) is 0 Å². The number of hydrogen-bond acceptors (Lipinski definition) is 5. The fourth-order valence-corrected chi connectivity index (χ4v) is 4.79. The Hall–Kier alpha value is -3.13. The molecule has 4 rings (SSSR count). The van der Waals surface area contributed by atoms with Gasteiger partial charge in [-0.15, -0.1) is 11.3 Å². The molecule has 8 heteroatoms. The van der Waals surface area contributed by atoms with Crippen LogP contribution in [0.15, 0.2) is 54.0 Å². The Labute approximate surface area is 185 Å². The van der Waals surface area contributed by atoms with Gasteiger partial charge in [0.2, 0.25) is 0 Å². The third-order valence-electron chi connectivity index (χ3n) is 5.53. The minimum atomic E-state index is -0.793. The second-order valence-corrected chi connectivity index (χ2v) is 8.51. The van der Waals surface area contributed by atoms with Crippen molar-refractivity contribution in [2.45, 2.75) is 44.7 Å². The first-order valence-corrected chi connectivity index (χ1v) is 11.4. The number of rotatable bonds is 9. The molecule has 31 heavy (non-hydrogen) atoms. The van der Waals surface area contributed by atoms with Gasteiger partial charge in [-0.05, 0) is 49.9 Å². The molecule has 1 saturated heterocycles. The molecule has 2 N–H and O–H groups in total. The quantitative estimate of drug-likeness (QED) is 0.469. The lowest BCUT2D eigenvalue weighted by Gasteiger charge is -2.25. The highest BCUT2D eigenvalue weighted by atomic mass is 32.1. The van der Waals surface area contributed by atoms with Crippen molar-refractivity contribution in [1.29, 1.82) is 0 Å². The number of aliphatic carboxylic acids is 1. The topological polar surface area (TPSA) is 87.5 Å². The summed E-state index contributed by atoms with van der Waals surface area (Å²) in [4.78, 5) is 30.5. The van der Waals surface area contributed by atoms with Crippen LogP contribution in [0, 0.1) is 0 Å². The van der Waals surface area contributed by atoms with Gasteiger partial charge in [-0.2, -0.15) is 0 Å². The second kappa shape index (κ2) is 9.78. The summed E-state index contributed by atoms with van der Waals surface area (Å²) in [5.41, 5.74) is 2.74. The van der Waals surface area contributed by atoms with E-state index in [0.29, 0.717) is 30.2 Å². The van der Waals surface area contributed by atoms with Gasteiger partial charge in [0.15, 0.2) is 5.13 Å². The first kappa shape index (κ1) is 21.1. The number of benzene rings is 1. The molecule has 1 aliphatic rings. The molecule has 0 unspecified atom stereocenters. The molecule has 0 spiro atoms. The van der Waals surface area contributed by atoms with Gasteiger partial charge in [0.05, 0.1) is 11.7 Å². The fraction of sp³-hybridized carbons (Fsp3) is 0.348. The Morgan fingerprint density at radius 2 is 2.00 bits per heavy atom. The van der Waals surface area contributed by atoms with E-state index in [1.54, 1.807) is 6.07 Å². The Kier molecular flexibility index (Phi) is 6.66. The smallest absolute Gasteiger partial charge is 0.303 e. The molecule has 3 aromatic rings. The molecule has 0 saturated carbocycles. The molecular formula is C23H26N4O3S. The number of hydrogen-bond donors (Lipinski definition) is 2. The van der Waals surface area contributed by atoms with Crippen LogP contribution in [0.3, 0.4) is 0 Å². The van der Waals surface area contributed by atoms with Crippen LogP contribution in [-0.4, -0.2) is 33.1 Å². The molecule has 0 bridgehead atoms. The molecule has 1 amide bonds. The Morgan fingerprint density at radius 3 is 2.81 bits per heavy atom. The van der Waals surface area contributed by atoms with Crippen molar-refractivity contribution in [3.63, 3.8) is 0 Å². The van der Waals surface area contributed by atoms with Gasteiger partial charge >= 0.3 is 5.97 Å². The van der Waals surface area contributed by atoms with Crippen LogP contribution in [-0.2, 0) is 11.3 Å². The number of thiazole rings is 1. The molecule has 1 aromatic carbocycles. The highest BCUT2D eigenvalue weighted by molar-refractivity contribution is 7.14. The maximum absolute atomic E-state index is 12.8. The van der Waals surface area contributed by atoms with E-state index in [2.05, 4.69) is 22.3 Å². The number of carbonyl (C=O) groups excluding carboxylic acids is 1. The van der Waals surface area contributed by atoms with Crippen LogP contribution < -0.4 is 10.2 Å². The van der Waals surface area contributed by atoms with Crippen molar-refractivity contribution >= 4 is 34.0 Å². The first-order valence-electron chi connectivity index (χ1n) is 10.6. The van der Waals surface area contributed by atoms with Crippen LogP contribution in [0.4, 0.5) is 10.8 Å². The lowest BCUT2D eigenvalue weighted by Crippen LogP contribution is -2.22. The number of carbonyl (C=O) groups is 2. The Morgan fingerprint density at radius 1 is 1.16 bits per heavy atom. The molecule has 1 atom stereocenters. The van der Waals surface area contributed by atoms with Crippen molar-refractivity contribution < 1.29 is 14.7 Å². The Bertz CT molecular complexity index is 1030. The third kappa shape index (κ3) is 5.14. The number of amides is 1. The largest absolute Gasteiger partial charge is 0.481 e. The van der Waals surface area contributed by atoms with Crippen LogP contribution in [0.2, 0.25) is 0 Å². The number of unbranched alkanes of at least 4 members (excludes halogenated alkanes) is 1. The van der Waals surface area contributed by atoms with Gasteiger partial charge in [-0.1, -0.05) is 18.2 Å². The van der Waals surface area contributed by atoms with E-state index in [-0.39, 0.29) is 18.4 Å². The van der Waals surface area contributed by atoms with Crippen molar-refractivity contribution in [1.82, 2.24) is 9.55 Å². The minimum Gasteiger partial charge on any atom is -0.481 e. The summed E-state index contributed by atoms with van der Waals surface area (Å²) in [5.74, 6) is -0.992. The van der Waals surface area contributed by atoms with E-state index in [4.69, 9.17) is 10.1 Å². The number of aromatic nitrogens is 2. The van der Waals surface area contributed by atoms with Crippen LogP contribution in [0.25, 0.3) is 0 Å². The van der Waals surface area contributed by atoms with E-state index >= 15 is 0 Å². The first-order chi connectivity index (χ1) is 15.1. The SMILES string of the molecule is O=C(O)CCCCn1cccc1C(=O)Nc1nc([C@H]2CCCN2c2ccccc2)cs1. The zero-order chi connectivity index (χ0) is 21.6. The summed E-state index contributed by atoms with van der Waals surface area (Å²) in [5, 5.41) is 14.3. The van der Waals surface area contributed by atoms with E-state index in [1.165, 1.54) is 17.0 Å². The highest BCUT2D eigenvalue weighted by Gasteiger charge is 2.28. The predicted octanol–water partition coefficient (Wildman–Crippen LogP) is 4.79. The van der Waals surface area contributed by atoms with Crippen molar-refractivity contribution in [3.05, 3.63) is 65.4 Å². The molecule has 2 aromatic heterocycles. The molecule has 0 aliphatic carbocycles. The highest BCUT2D eigenvalue weighted by Crippen LogP contribution is 2.37. The normalized spacial score (nSPS) is 15.9. The lowest BCUT2D eigenvalue weighted by atomic mass is 10.1. The molecule has 162 valence electrons. The van der Waals surface area contributed by atoms with Gasteiger partial charge < -0.3 is 14.6 Å². The number of carboxylic acid groups (broad SMARTS) is 1. The van der Waals surface area contributed by atoms with Crippen LogP contribution in [0.1, 0.15) is 54.3 Å². The van der Waals surface area contributed by atoms with Crippen LogP contribution in [0.5, 0.6) is 0 Å². The van der Waals surface area contributed by atoms with Crippen LogP contribution >= 0.6 is 11.3 Å². The molecule has 3 heterocycles. The van der Waals surface area contributed by atoms with E-state index < -0.39 is 5.97 Å². The average Bonchev–Trinajstić information content (AvgIpc) is 3.51. The zero-order valence-electron chi connectivity index (χ0n) is 17.2. The van der Waals surface area contributed by atoms with E-state index in [9.17, 15) is 9.59 Å². The summed E-state index contributed by atoms with van der Waals surface area (Å²) in [6.45, 7) is 1.61. The Balaban J connectivity index is 1.39. The van der Waals surface area contributed by atoms with Gasteiger partial charge in [0.25, 0.3) is 5.91 Å².